The summed E-state index contributed by atoms with van der Waals surface area (Å²) >= 11 is 0. The molecule has 0 saturated carbocycles. The molecule has 0 bridgehead atoms. The fourth-order valence-electron chi connectivity index (χ4n) is 1.69. The van der Waals surface area contributed by atoms with Gasteiger partial charge in [0, 0.05) is 12.4 Å². The Bertz CT molecular complexity index is 494. The predicted molar refractivity (Wildman–Crippen MR) is 73.6 cm³/mol. The normalized spacial score (nSPS) is 11.5. The van der Waals surface area contributed by atoms with Gasteiger partial charge in [0.1, 0.15) is 12.6 Å². The van der Waals surface area contributed by atoms with Gasteiger partial charge in [-0.3, -0.25) is 14.6 Å². The molecule has 0 saturated heterocycles. The number of hydrogen-bond donors (Lipinski definition) is 2. The van der Waals surface area contributed by atoms with Crippen molar-refractivity contribution in [1.29, 1.82) is 5.26 Å². The highest BCUT2D eigenvalue weighted by atomic mass is 16.2. The van der Waals surface area contributed by atoms with Gasteiger partial charge >= 0.3 is 0 Å². The average Bonchev–Trinajstić information content (AvgIpc) is 2.44. The van der Waals surface area contributed by atoms with E-state index in [1.807, 2.05) is 19.9 Å². The molecule has 2 N–H and O–H groups in total. The van der Waals surface area contributed by atoms with E-state index < -0.39 is 6.04 Å². The molecule has 1 aromatic heterocycles. The number of aromatic nitrogens is 1. The van der Waals surface area contributed by atoms with Gasteiger partial charge in [0.25, 0.3) is 5.91 Å². The number of rotatable bonds is 6. The zero-order valence-corrected chi connectivity index (χ0v) is 11.6. The molecule has 0 spiro atoms. The molecule has 6 heteroatoms. The van der Waals surface area contributed by atoms with Crippen LogP contribution in [0.3, 0.4) is 0 Å². The monoisotopic (exact) mass is 274 g/mol. The number of pyridine rings is 1. The number of nitrogens with one attached hydrogen (secondary N) is 2. The van der Waals surface area contributed by atoms with Gasteiger partial charge in [0.2, 0.25) is 5.91 Å². The SMILES string of the molecule is CC(C)C[C@H](NC(=O)c1cccnc1)C(=O)NCC#N. The summed E-state index contributed by atoms with van der Waals surface area (Å²) in [5.41, 5.74) is 0.398. The fourth-order valence-corrected chi connectivity index (χ4v) is 1.69. The summed E-state index contributed by atoms with van der Waals surface area (Å²) in [7, 11) is 0. The van der Waals surface area contributed by atoms with Crippen LogP contribution < -0.4 is 10.6 Å². The van der Waals surface area contributed by atoms with Crippen LogP contribution in [-0.4, -0.2) is 29.4 Å². The number of nitriles is 1. The van der Waals surface area contributed by atoms with E-state index in [4.69, 9.17) is 5.26 Å². The van der Waals surface area contributed by atoms with Crippen molar-refractivity contribution in [2.45, 2.75) is 26.3 Å². The second kappa shape index (κ2) is 7.89. The third-order valence-corrected chi connectivity index (χ3v) is 2.59. The minimum absolute atomic E-state index is 0.0732. The first-order valence-corrected chi connectivity index (χ1v) is 6.40. The molecule has 1 aromatic rings. The number of carbonyl (C=O) groups excluding carboxylic acids is 2. The largest absolute Gasteiger partial charge is 0.341 e. The van der Waals surface area contributed by atoms with Crippen molar-refractivity contribution in [3.63, 3.8) is 0 Å². The van der Waals surface area contributed by atoms with E-state index in [2.05, 4.69) is 15.6 Å². The van der Waals surface area contributed by atoms with Crippen LogP contribution in [0.15, 0.2) is 24.5 Å². The fraction of sp³-hybridized carbons (Fsp3) is 0.429. The van der Waals surface area contributed by atoms with E-state index >= 15 is 0 Å². The van der Waals surface area contributed by atoms with Gasteiger partial charge in [0.15, 0.2) is 0 Å². The molecular formula is C14H18N4O2. The molecule has 2 amide bonds. The highest BCUT2D eigenvalue weighted by Crippen LogP contribution is 2.06. The van der Waals surface area contributed by atoms with Crippen molar-refractivity contribution >= 4 is 11.8 Å². The third kappa shape index (κ3) is 5.06. The molecule has 106 valence electrons. The molecule has 6 nitrogen and oxygen atoms in total. The summed E-state index contributed by atoms with van der Waals surface area (Å²) in [6, 6.07) is 4.46. The van der Waals surface area contributed by atoms with Crippen molar-refractivity contribution in [2.75, 3.05) is 6.54 Å². The number of carbonyl (C=O) groups is 2. The topological polar surface area (TPSA) is 94.9 Å². The number of nitrogens with zero attached hydrogens (tertiary/aromatic N) is 2. The lowest BCUT2D eigenvalue weighted by Gasteiger charge is -2.19. The third-order valence-electron chi connectivity index (χ3n) is 2.59. The number of hydrogen-bond acceptors (Lipinski definition) is 4. The lowest BCUT2D eigenvalue weighted by molar-refractivity contribution is -0.123. The lowest BCUT2D eigenvalue weighted by atomic mass is 10.0. The highest BCUT2D eigenvalue weighted by Gasteiger charge is 2.22. The Morgan fingerprint density at radius 1 is 1.45 bits per heavy atom. The summed E-state index contributed by atoms with van der Waals surface area (Å²) in [6.45, 7) is 3.85. The maximum atomic E-state index is 12.0. The zero-order valence-electron chi connectivity index (χ0n) is 11.6. The van der Waals surface area contributed by atoms with Crippen molar-refractivity contribution in [2.24, 2.45) is 5.92 Å². The minimum atomic E-state index is -0.656. The lowest BCUT2D eigenvalue weighted by Crippen LogP contribution is -2.47. The average molecular weight is 274 g/mol. The predicted octanol–water partition coefficient (Wildman–Crippen LogP) is 0.866. The minimum Gasteiger partial charge on any atom is -0.341 e. The maximum Gasteiger partial charge on any atom is 0.253 e. The molecule has 0 aromatic carbocycles. The Morgan fingerprint density at radius 2 is 2.20 bits per heavy atom. The molecule has 1 rings (SSSR count). The van der Waals surface area contributed by atoms with Crippen LogP contribution in [0.4, 0.5) is 0 Å². The van der Waals surface area contributed by atoms with E-state index in [1.165, 1.54) is 6.20 Å². The van der Waals surface area contributed by atoms with E-state index in [9.17, 15) is 9.59 Å². The van der Waals surface area contributed by atoms with Gasteiger partial charge in [-0.2, -0.15) is 5.26 Å². The summed E-state index contributed by atoms with van der Waals surface area (Å²) in [5, 5.41) is 13.6. The molecule has 0 fully saturated rings. The second-order valence-electron chi connectivity index (χ2n) is 4.77. The van der Waals surface area contributed by atoms with Crippen LogP contribution in [0, 0.1) is 17.2 Å². The molecule has 1 heterocycles. The van der Waals surface area contributed by atoms with Gasteiger partial charge in [-0.05, 0) is 24.5 Å². The van der Waals surface area contributed by atoms with Gasteiger partial charge in [-0.15, -0.1) is 0 Å². The van der Waals surface area contributed by atoms with Gasteiger partial charge < -0.3 is 10.6 Å². The first kappa shape index (κ1) is 15.6. The molecule has 0 aliphatic heterocycles. The Kier molecular flexibility index (Phi) is 6.17. The van der Waals surface area contributed by atoms with Crippen molar-refractivity contribution in [3.8, 4) is 6.07 Å². The van der Waals surface area contributed by atoms with E-state index in [-0.39, 0.29) is 24.3 Å². The maximum absolute atomic E-state index is 12.0. The van der Waals surface area contributed by atoms with Crippen molar-refractivity contribution in [3.05, 3.63) is 30.1 Å². The molecule has 0 radical (unpaired) electrons. The van der Waals surface area contributed by atoms with E-state index in [1.54, 1.807) is 18.3 Å². The van der Waals surface area contributed by atoms with E-state index in [0.717, 1.165) is 0 Å². The molecule has 0 aliphatic carbocycles. The summed E-state index contributed by atoms with van der Waals surface area (Å²) in [6.07, 6.45) is 3.51. The van der Waals surface area contributed by atoms with Crippen molar-refractivity contribution in [1.82, 2.24) is 15.6 Å². The smallest absolute Gasteiger partial charge is 0.253 e. The van der Waals surface area contributed by atoms with Crippen LogP contribution in [0.5, 0.6) is 0 Å². The summed E-state index contributed by atoms with van der Waals surface area (Å²) < 4.78 is 0. The molecular weight excluding hydrogens is 256 g/mol. The summed E-state index contributed by atoms with van der Waals surface area (Å²) in [4.78, 5) is 27.8. The summed E-state index contributed by atoms with van der Waals surface area (Å²) in [5.74, 6) is -0.463. The van der Waals surface area contributed by atoms with Gasteiger partial charge in [-0.25, -0.2) is 0 Å². The Morgan fingerprint density at radius 3 is 2.75 bits per heavy atom. The Labute approximate surface area is 118 Å². The van der Waals surface area contributed by atoms with Crippen LogP contribution in [0.2, 0.25) is 0 Å². The van der Waals surface area contributed by atoms with Crippen LogP contribution in [0.1, 0.15) is 30.6 Å². The van der Waals surface area contributed by atoms with E-state index in [0.29, 0.717) is 12.0 Å². The molecule has 1 atom stereocenters. The van der Waals surface area contributed by atoms with Crippen LogP contribution in [-0.2, 0) is 4.79 Å². The Balaban J connectivity index is 2.72. The van der Waals surface area contributed by atoms with Crippen LogP contribution in [0.25, 0.3) is 0 Å². The first-order valence-electron chi connectivity index (χ1n) is 6.40. The molecule has 20 heavy (non-hydrogen) atoms. The number of amides is 2. The first-order chi connectivity index (χ1) is 9.54. The molecule has 0 unspecified atom stereocenters. The van der Waals surface area contributed by atoms with Crippen LogP contribution >= 0.6 is 0 Å². The van der Waals surface area contributed by atoms with Crippen molar-refractivity contribution < 1.29 is 9.59 Å². The van der Waals surface area contributed by atoms with Gasteiger partial charge in [0.05, 0.1) is 11.6 Å². The Hall–Kier alpha value is -2.42. The quantitative estimate of drug-likeness (QED) is 0.752. The highest BCUT2D eigenvalue weighted by molar-refractivity contribution is 5.97. The van der Waals surface area contributed by atoms with Gasteiger partial charge in [-0.1, -0.05) is 13.8 Å². The molecule has 0 aliphatic rings. The zero-order chi connectivity index (χ0) is 15.0. The second-order valence-corrected chi connectivity index (χ2v) is 4.77. The standard InChI is InChI=1S/C14H18N4O2/c1-10(2)8-12(14(20)17-7-5-15)18-13(19)11-4-3-6-16-9-11/h3-4,6,9-10,12H,7-8H2,1-2H3,(H,17,20)(H,18,19)/t12-/m0/s1.